The zero-order valence-corrected chi connectivity index (χ0v) is 15.3. The van der Waals surface area contributed by atoms with E-state index >= 15 is 0 Å². The Morgan fingerprint density at radius 1 is 1.16 bits per heavy atom. The van der Waals surface area contributed by atoms with Gasteiger partial charge in [-0.3, -0.25) is 0 Å². The number of aryl methyl sites for hydroxylation is 1. The van der Waals surface area contributed by atoms with Crippen molar-refractivity contribution in [3.63, 3.8) is 0 Å². The van der Waals surface area contributed by atoms with Crippen molar-refractivity contribution < 1.29 is 9.90 Å². The largest absolute Gasteiger partial charge is 0.477 e. The van der Waals surface area contributed by atoms with Crippen LogP contribution in [0.4, 0.5) is 0 Å². The number of nitrogens with zero attached hydrogens (tertiary/aromatic N) is 1. The van der Waals surface area contributed by atoms with Gasteiger partial charge in [0.05, 0.1) is 0 Å². The molecule has 1 heterocycles. The van der Waals surface area contributed by atoms with Crippen LogP contribution in [-0.4, -0.2) is 28.4 Å². The van der Waals surface area contributed by atoms with Crippen LogP contribution in [0.1, 0.15) is 21.6 Å². The molecule has 2 aromatic carbocycles. The lowest BCUT2D eigenvalue weighted by Crippen LogP contribution is -2.19. The molecule has 3 aromatic rings. The fraction of sp³-hybridized carbons (Fsp3) is 0.250. The Balaban J connectivity index is 1.70. The van der Waals surface area contributed by atoms with Crippen LogP contribution < -0.4 is 5.32 Å². The van der Waals surface area contributed by atoms with Crippen molar-refractivity contribution >= 4 is 28.6 Å². The van der Waals surface area contributed by atoms with Crippen molar-refractivity contribution in [3.8, 4) is 0 Å². The summed E-state index contributed by atoms with van der Waals surface area (Å²) in [6, 6.07) is 16.4. The third kappa shape index (κ3) is 3.72. The topological polar surface area (TPSA) is 54.3 Å². The standard InChI is InChI=1S/C20H22N2O2S/c1-22-18-6-4-3-5-16(18)17(19(22)20(23)24)13-21-12-11-14-7-9-15(25-2)10-8-14/h3-10,21H,11-13H2,1-2H3,(H,23,24). The van der Waals surface area contributed by atoms with Crippen molar-refractivity contribution in [1.82, 2.24) is 9.88 Å². The number of aromatic nitrogens is 1. The van der Waals surface area contributed by atoms with Gasteiger partial charge in [0.25, 0.3) is 0 Å². The van der Waals surface area contributed by atoms with Crippen LogP contribution in [0.2, 0.25) is 0 Å². The van der Waals surface area contributed by atoms with E-state index in [2.05, 4.69) is 35.8 Å². The smallest absolute Gasteiger partial charge is 0.352 e. The molecule has 0 unspecified atom stereocenters. The molecule has 1 aromatic heterocycles. The third-order valence-corrected chi connectivity index (χ3v) is 5.21. The number of fused-ring (bicyclic) bond motifs is 1. The van der Waals surface area contributed by atoms with E-state index in [0.717, 1.165) is 29.4 Å². The third-order valence-electron chi connectivity index (χ3n) is 4.47. The number of hydrogen-bond donors (Lipinski definition) is 2. The molecule has 0 aliphatic carbocycles. The van der Waals surface area contributed by atoms with Crippen molar-refractivity contribution in [2.24, 2.45) is 7.05 Å². The fourth-order valence-electron chi connectivity index (χ4n) is 3.16. The zero-order chi connectivity index (χ0) is 17.8. The maximum Gasteiger partial charge on any atom is 0.352 e. The van der Waals surface area contributed by atoms with Gasteiger partial charge in [0, 0.05) is 35.0 Å². The first kappa shape index (κ1) is 17.6. The molecule has 25 heavy (non-hydrogen) atoms. The Hall–Kier alpha value is -2.24. The molecule has 0 fully saturated rings. The van der Waals surface area contributed by atoms with Crippen molar-refractivity contribution in [3.05, 3.63) is 65.4 Å². The number of thioether (sulfide) groups is 1. The summed E-state index contributed by atoms with van der Waals surface area (Å²) in [6.07, 6.45) is 2.99. The normalized spacial score (nSPS) is 11.1. The Labute approximate surface area is 151 Å². The molecule has 0 aliphatic rings. The summed E-state index contributed by atoms with van der Waals surface area (Å²) < 4.78 is 1.76. The van der Waals surface area contributed by atoms with E-state index in [1.54, 1.807) is 16.3 Å². The number of rotatable bonds is 7. The Morgan fingerprint density at radius 2 is 1.88 bits per heavy atom. The molecule has 0 radical (unpaired) electrons. The number of benzene rings is 2. The molecule has 0 saturated carbocycles. The highest BCUT2D eigenvalue weighted by Crippen LogP contribution is 2.25. The number of carbonyl (C=O) groups is 1. The van der Waals surface area contributed by atoms with E-state index in [9.17, 15) is 9.90 Å². The number of nitrogens with one attached hydrogen (secondary N) is 1. The van der Waals surface area contributed by atoms with E-state index in [-0.39, 0.29) is 0 Å². The van der Waals surface area contributed by atoms with Gasteiger partial charge in [-0.15, -0.1) is 11.8 Å². The van der Waals surface area contributed by atoms with Crippen LogP contribution in [0.3, 0.4) is 0 Å². The van der Waals surface area contributed by atoms with Crippen LogP contribution in [-0.2, 0) is 20.0 Å². The summed E-state index contributed by atoms with van der Waals surface area (Å²) in [5.41, 5.74) is 3.44. The molecular formula is C20H22N2O2S. The maximum absolute atomic E-state index is 11.7. The van der Waals surface area contributed by atoms with Gasteiger partial charge in [0.15, 0.2) is 0 Å². The first-order valence-electron chi connectivity index (χ1n) is 8.25. The molecule has 2 N–H and O–H groups in total. The summed E-state index contributed by atoms with van der Waals surface area (Å²) in [7, 11) is 1.81. The first-order valence-corrected chi connectivity index (χ1v) is 9.47. The molecule has 0 atom stereocenters. The highest BCUT2D eigenvalue weighted by molar-refractivity contribution is 7.98. The van der Waals surface area contributed by atoms with Gasteiger partial charge in [-0.1, -0.05) is 30.3 Å². The van der Waals surface area contributed by atoms with Crippen LogP contribution in [0.15, 0.2) is 53.4 Å². The lowest BCUT2D eigenvalue weighted by Gasteiger charge is -2.07. The van der Waals surface area contributed by atoms with Crippen LogP contribution >= 0.6 is 11.8 Å². The number of carboxylic acid groups (broad SMARTS) is 1. The first-order chi connectivity index (χ1) is 12.1. The monoisotopic (exact) mass is 354 g/mol. The molecule has 0 bridgehead atoms. The Bertz CT molecular complexity index is 885. The average Bonchev–Trinajstić information content (AvgIpc) is 2.92. The number of carboxylic acids is 1. The molecular weight excluding hydrogens is 332 g/mol. The predicted molar refractivity (Wildman–Crippen MR) is 104 cm³/mol. The highest BCUT2D eigenvalue weighted by atomic mass is 32.2. The van der Waals surface area contributed by atoms with Crippen LogP contribution in [0.25, 0.3) is 10.9 Å². The summed E-state index contributed by atoms with van der Waals surface area (Å²) in [4.78, 5) is 12.9. The van der Waals surface area contributed by atoms with Gasteiger partial charge < -0.3 is 15.0 Å². The lowest BCUT2D eigenvalue weighted by molar-refractivity contribution is 0.0685. The fourth-order valence-corrected chi connectivity index (χ4v) is 3.57. The summed E-state index contributed by atoms with van der Waals surface area (Å²) in [5.74, 6) is -0.886. The van der Waals surface area contributed by atoms with E-state index < -0.39 is 5.97 Å². The lowest BCUT2D eigenvalue weighted by atomic mass is 10.1. The van der Waals surface area contributed by atoms with E-state index in [1.165, 1.54) is 10.5 Å². The second-order valence-electron chi connectivity index (χ2n) is 5.98. The Kier molecular flexibility index (Phi) is 5.46. The minimum absolute atomic E-state index is 0.359. The Morgan fingerprint density at radius 3 is 2.56 bits per heavy atom. The van der Waals surface area contributed by atoms with Gasteiger partial charge in [0.2, 0.25) is 0 Å². The van der Waals surface area contributed by atoms with Gasteiger partial charge in [0.1, 0.15) is 5.69 Å². The van der Waals surface area contributed by atoms with E-state index in [4.69, 9.17) is 0 Å². The summed E-state index contributed by atoms with van der Waals surface area (Å²) in [6.45, 7) is 1.35. The van der Waals surface area contributed by atoms with Gasteiger partial charge in [-0.2, -0.15) is 0 Å². The molecule has 0 amide bonds. The van der Waals surface area contributed by atoms with Gasteiger partial charge in [-0.25, -0.2) is 4.79 Å². The van der Waals surface area contributed by atoms with Crippen LogP contribution in [0, 0.1) is 0 Å². The second kappa shape index (κ2) is 7.76. The highest BCUT2D eigenvalue weighted by Gasteiger charge is 2.19. The molecule has 0 spiro atoms. The minimum Gasteiger partial charge on any atom is -0.477 e. The number of para-hydroxylation sites is 1. The van der Waals surface area contributed by atoms with Gasteiger partial charge >= 0.3 is 5.97 Å². The zero-order valence-electron chi connectivity index (χ0n) is 14.5. The van der Waals surface area contributed by atoms with Gasteiger partial charge in [-0.05, 0) is 43.0 Å². The summed E-state index contributed by atoms with van der Waals surface area (Å²) >= 11 is 1.74. The maximum atomic E-state index is 11.7. The molecule has 0 saturated heterocycles. The van der Waals surface area contributed by atoms with Crippen molar-refractivity contribution in [1.29, 1.82) is 0 Å². The minimum atomic E-state index is -0.886. The summed E-state index contributed by atoms with van der Waals surface area (Å²) in [5, 5.41) is 14.0. The van der Waals surface area contributed by atoms with Crippen molar-refractivity contribution in [2.75, 3.05) is 12.8 Å². The number of aromatic carboxylic acids is 1. The quantitative estimate of drug-likeness (QED) is 0.499. The van der Waals surface area contributed by atoms with Crippen molar-refractivity contribution in [2.45, 2.75) is 17.9 Å². The molecule has 130 valence electrons. The molecule has 3 rings (SSSR count). The average molecular weight is 354 g/mol. The second-order valence-corrected chi connectivity index (χ2v) is 6.86. The van der Waals surface area contributed by atoms with Crippen LogP contribution in [0.5, 0.6) is 0 Å². The molecule has 5 heteroatoms. The predicted octanol–water partition coefficient (Wildman–Crippen LogP) is 3.93. The number of hydrogen-bond acceptors (Lipinski definition) is 3. The molecule has 4 nitrogen and oxygen atoms in total. The SMILES string of the molecule is CSc1ccc(CCNCc2c(C(=O)O)n(C)c3ccccc23)cc1. The molecule has 0 aliphatic heterocycles. The van der Waals surface area contributed by atoms with E-state index in [0.29, 0.717) is 12.2 Å². The van der Waals surface area contributed by atoms with E-state index in [1.807, 2.05) is 31.3 Å².